The van der Waals surface area contributed by atoms with Crippen LogP contribution in [0.2, 0.25) is 0 Å². The summed E-state index contributed by atoms with van der Waals surface area (Å²) in [6, 6.07) is 0.273. The van der Waals surface area contributed by atoms with Crippen LogP contribution in [0.4, 0.5) is 0 Å². The van der Waals surface area contributed by atoms with Gasteiger partial charge in [-0.2, -0.15) is 0 Å². The molecule has 0 aromatic heterocycles. The lowest BCUT2D eigenvalue weighted by molar-refractivity contribution is -0.142. The first-order valence-corrected chi connectivity index (χ1v) is 8.70. The van der Waals surface area contributed by atoms with Crippen LogP contribution >= 0.6 is 0 Å². The van der Waals surface area contributed by atoms with Crippen molar-refractivity contribution in [2.24, 2.45) is 5.41 Å². The minimum absolute atomic E-state index is 0.0809. The maximum absolute atomic E-state index is 13.0. The Kier molecular flexibility index (Phi) is 5.84. The number of likely N-dealkylation sites (tertiary alicyclic amines) is 1. The summed E-state index contributed by atoms with van der Waals surface area (Å²) in [5.74, 6) is -0.426. The second-order valence-electron chi connectivity index (χ2n) is 7.03. The molecule has 2 rings (SSSR count). The predicted octanol–water partition coefficient (Wildman–Crippen LogP) is 2.35. The van der Waals surface area contributed by atoms with Gasteiger partial charge in [-0.15, -0.1) is 0 Å². The first-order valence-electron chi connectivity index (χ1n) is 8.70. The fraction of sp³-hybridized carbons (Fsp3) is 0.882. The van der Waals surface area contributed by atoms with E-state index in [0.717, 1.165) is 51.6 Å². The molecule has 1 amide bonds. The highest BCUT2D eigenvalue weighted by molar-refractivity contribution is 5.83. The zero-order valence-corrected chi connectivity index (χ0v) is 14.0. The average molecular weight is 310 g/mol. The summed E-state index contributed by atoms with van der Waals surface area (Å²) >= 11 is 0. The van der Waals surface area contributed by atoms with Gasteiger partial charge >= 0.3 is 5.97 Å². The highest BCUT2D eigenvalue weighted by atomic mass is 16.4. The van der Waals surface area contributed by atoms with Crippen molar-refractivity contribution in [2.45, 2.75) is 64.3 Å². The monoisotopic (exact) mass is 310 g/mol. The van der Waals surface area contributed by atoms with Gasteiger partial charge in [0, 0.05) is 24.5 Å². The van der Waals surface area contributed by atoms with E-state index in [1.54, 1.807) is 0 Å². The van der Waals surface area contributed by atoms with Crippen molar-refractivity contribution in [1.29, 1.82) is 0 Å². The van der Waals surface area contributed by atoms with Crippen molar-refractivity contribution < 1.29 is 14.7 Å². The van der Waals surface area contributed by atoms with E-state index in [-0.39, 0.29) is 18.0 Å². The molecule has 5 nitrogen and oxygen atoms in total. The molecule has 0 spiro atoms. The molecular formula is C17H30N2O3. The van der Waals surface area contributed by atoms with Crippen LogP contribution in [0.1, 0.15) is 58.3 Å². The number of rotatable bonds is 5. The largest absolute Gasteiger partial charge is 0.480 e. The number of nitrogens with zero attached hydrogens (tertiary/aromatic N) is 2. The van der Waals surface area contributed by atoms with Crippen molar-refractivity contribution in [3.8, 4) is 0 Å². The number of carbonyl (C=O) groups excluding carboxylic acids is 1. The Bertz CT molecular complexity index is 405. The van der Waals surface area contributed by atoms with Crippen molar-refractivity contribution >= 4 is 11.9 Å². The molecular weight excluding hydrogens is 280 g/mol. The third-order valence-electron chi connectivity index (χ3n) is 5.68. The normalized spacial score (nSPS) is 25.2. The lowest BCUT2D eigenvalue weighted by Crippen LogP contribution is -2.43. The average Bonchev–Trinajstić information content (AvgIpc) is 2.84. The van der Waals surface area contributed by atoms with Crippen molar-refractivity contribution in [1.82, 2.24) is 9.80 Å². The third kappa shape index (κ3) is 3.80. The highest BCUT2D eigenvalue weighted by Crippen LogP contribution is 2.42. The van der Waals surface area contributed by atoms with Gasteiger partial charge in [-0.05, 0) is 45.6 Å². The molecule has 1 atom stereocenters. The molecule has 0 bridgehead atoms. The lowest BCUT2D eigenvalue weighted by atomic mass is 9.82. The van der Waals surface area contributed by atoms with Gasteiger partial charge in [0.1, 0.15) is 0 Å². The Balaban J connectivity index is 1.95. The van der Waals surface area contributed by atoms with E-state index in [1.165, 1.54) is 12.8 Å². The molecule has 1 aliphatic carbocycles. The summed E-state index contributed by atoms with van der Waals surface area (Å²) in [5.41, 5.74) is -0.104. The number of carboxylic acid groups (broad SMARTS) is 1. The molecule has 5 heteroatoms. The standard InChI is InChI=1S/C17H30N2O3/c1-3-17(9-4-5-10-17)16(22)19-11-6-7-14(8-12-19)18(2)13-15(20)21/h14H,3-13H2,1-2H3,(H,20,21). The van der Waals surface area contributed by atoms with E-state index in [9.17, 15) is 9.59 Å². The van der Waals surface area contributed by atoms with Gasteiger partial charge in [0.15, 0.2) is 0 Å². The van der Waals surface area contributed by atoms with Gasteiger partial charge in [0.25, 0.3) is 0 Å². The molecule has 126 valence electrons. The smallest absolute Gasteiger partial charge is 0.317 e. The Morgan fingerprint density at radius 1 is 1.18 bits per heavy atom. The molecule has 1 N–H and O–H groups in total. The first kappa shape index (κ1) is 17.3. The number of amides is 1. The molecule has 22 heavy (non-hydrogen) atoms. The fourth-order valence-corrected chi connectivity index (χ4v) is 4.17. The Hall–Kier alpha value is -1.10. The number of likely N-dealkylation sites (N-methyl/N-ethyl adjacent to an activating group) is 1. The Morgan fingerprint density at radius 2 is 1.86 bits per heavy atom. The zero-order chi connectivity index (χ0) is 16.2. The van der Waals surface area contributed by atoms with E-state index in [2.05, 4.69) is 11.8 Å². The van der Waals surface area contributed by atoms with Crippen molar-refractivity contribution in [2.75, 3.05) is 26.7 Å². The molecule has 1 saturated heterocycles. The van der Waals surface area contributed by atoms with Gasteiger partial charge in [-0.1, -0.05) is 19.8 Å². The molecule has 1 aliphatic heterocycles. The van der Waals surface area contributed by atoms with Crippen molar-refractivity contribution in [3.63, 3.8) is 0 Å². The molecule has 1 unspecified atom stereocenters. The number of hydrogen-bond acceptors (Lipinski definition) is 3. The van der Waals surface area contributed by atoms with Gasteiger partial charge in [0.2, 0.25) is 5.91 Å². The molecule has 0 aromatic carbocycles. The maximum atomic E-state index is 13.0. The van der Waals surface area contributed by atoms with Crippen LogP contribution < -0.4 is 0 Å². The Morgan fingerprint density at radius 3 is 2.45 bits per heavy atom. The molecule has 1 heterocycles. The fourth-order valence-electron chi connectivity index (χ4n) is 4.17. The van der Waals surface area contributed by atoms with Gasteiger partial charge in [-0.3, -0.25) is 14.5 Å². The van der Waals surface area contributed by atoms with Gasteiger partial charge < -0.3 is 10.0 Å². The van der Waals surface area contributed by atoms with Crippen LogP contribution in [0.25, 0.3) is 0 Å². The summed E-state index contributed by atoms with van der Waals surface area (Å²) < 4.78 is 0. The highest BCUT2D eigenvalue weighted by Gasteiger charge is 2.42. The molecule has 1 saturated carbocycles. The quantitative estimate of drug-likeness (QED) is 0.847. The first-order chi connectivity index (χ1) is 10.5. The van der Waals surface area contributed by atoms with Crippen LogP contribution in [-0.2, 0) is 9.59 Å². The zero-order valence-electron chi connectivity index (χ0n) is 14.0. The number of carboxylic acids is 1. The molecule has 2 fully saturated rings. The molecule has 2 aliphatic rings. The lowest BCUT2D eigenvalue weighted by Gasteiger charge is -2.33. The summed E-state index contributed by atoms with van der Waals surface area (Å²) in [5, 5.41) is 8.93. The van der Waals surface area contributed by atoms with Crippen LogP contribution in [-0.4, -0.2) is 59.5 Å². The maximum Gasteiger partial charge on any atom is 0.317 e. The van der Waals surface area contributed by atoms with E-state index < -0.39 is 5.97 Å². The number of aliphatic carboxylic acids is 1. The molecule has 0 radical (unpaired) electrons. The number of carbonyl (C=O) groups is 2. The van der Waals surface area contributed by atoms with Crippen molar-refractivity contribution in [3.05, 3.63) is 0 Å². The van der Waals surface area contributed by atoms with E-state index >= 15 is 0 Å². The minimum atomic E-state index is -0.782. The van der Waals surface area contributed by atoms with Crippen LogP contribution in [0, 0.1) is 5.41 Å². The third-order valence-corrected chi connectivity index (χ3v) is 5.68. The SMILES string of the molecule is CCC1(C(=O)N2CCCC(N(C)CC(=O)O)CC2)CCCC1. The van der Waals surface area contributed by atoms with Gasteiger partial charge in [-0.25, -0.2) is 0 Å². The van der Waals surface area contributed by atoms with E-state index in [0.29, 0.717) is 5.91 Å². The van der Waals surface area contributed by atoms with E-state index in [1.807, 2.05) is 11.9 Å². The minimum Gasteiger partial charge on any atom is -0.480 e. The number of hydrogen-bond donors (Lipinski definition) is 1. The van der Waals surface area contributed by atoms with Crippen LogP contribution in [0.15, 0.2) is 0 Å². The summed E-state index contributed by atoms with van der Waals surface area (Å²) in [7, 11) is 1.88. The Labute approximate surface area is 133 Å². The van der Waals surface area contributed by atoms with Gasteiger partial charge in [0.05, 0.1) is 6.54 Å². The predicted molar refractivity (Wildman–Crippen MR) is 85.7 cm³/mol. The van der Waals surface area contributed by atoms with Crippen LogP contribution in [0.5, 0.6) is 0 Å². The molecule has 0 aromatic rings. The second-order valence-corrected chi connectivity index (χ2v) is 7.03. The topological polar surface area (TPSA) is 60.9 Å². The summed E-state index contributed by atoms with van der Waals surface area (Å²) in [6.07, 6.45) is 8.23. The van der Waals surface area contributed by atoms with Crippen LogP contribution in [0.3, 0.4) is 0 Å². The summed E-state index contributed by atoms with van der Waals surface area (Å²) in [4.78, 5) is 27.8. The van der Waals surface area contributed by atoms with E-state index in [4.69, 9.17) is 5.11 Å². The second kappa shape index (κ2) is 7.44. The summed E-state index contributed by atoms with van der Waals surface area (Å²) in [6.45, 7) is 3.83.